The average Bonchev–Trinajstić information content (AvgIpc) is 2.62. The van der Waals surface area contributed by atoms with Crippen LogP contribution in [0.25, 0.3) is 0 Å². The maximum Gasteiger partial charge on any atom is 0.191 e. The van der Waals surface area contributed by atoms with Crippen molar-refractivity contribution in [1.29, 1.82) is 0 Å². The van der Waals surface area contributed by atoms with Crippen LogP contribution in [0.3, 0.4) is 0 Å². The molecule has 2 N–H and O–H groups in total. The Bertz CT molecular complexity index is 634. The number of aromatic nitrogens is 1. The van der Waals surface area contributed by atoms with Gasteiger partial charge in [0.25, 0.3) is 0 Å². The van der Waals surface area contributed by atoms with Crippen LogP contribution >= 0.6 is 24.0 Å². The molecule has 2 aromatic rings. The molecule has 0 fully saturated rings. The molecule has 136 valence electrons. The number of hydrogen-bond donors (Lipinski definition) is 2. The molecule has 0 saturated carbocycles. The van der Waals surface area contributed by atoms with E-state index >= 15 is 0 Å². The number of nitrogens with zero attached hydrogens (tertiary/aromatic N) is 2. The molecule has 25 heavy (non-hydrogen) atoms. The average molecular weight is 454 g/mol. The number of benzene rings is 1. The molecule has 2 rings (SSSR count). The number of para-hydroxylation sites is 1. The molecule has 0 bridgehead atoms. The Morgan fingerprint density at radius 2 is 1.96 bits per heavy atom. The van der Waals surface area contributed by atoms with Gasteiger partial charge < -0.3 is 15.4 Å². The number of pyridine rings is 1. The first-order valence-electron chi connectivity index (χ1n) is 8.45. The fraction of sp³-hybridized carbons (Fsp3) is 0.368. The molecule has 0 unspecified atom stereocenters. The van der Waals surface area contributed by atoms with Crippen LogP contribution in [0.2, 0.25) is 0 Å². The van der Waals surface area contributed by atoms with Crippen LogP contribution in [0.1, 0.15) is 25.0 Å². The van der Waals surface area contributed by atoms with E-state index in [1.165, 1.54) is 5.56 Å². The van der Waals surface area contributed by atoms with Gasteiger partial charge in [0.2, 0.25) is 0 Å². The Labute approximate surface area is 167 Å². The van der Waals surface area contributed by atoms with Crippen molar-refractivity contribution in [3.8, 4) is 5.75 Å². The summed E-state index contributed by atoms with van der Waals surface area (Å²) in [5.74, 6) is 1.71. The minimum atomic E-state index is 0. The number of aliphatic imine (C=N–C) groups is 1. The summed E-state index contributed by atoms with van der Waals surface area (Å²) < 4.78 is 5.65. The summed E-state index contributed by atoms with van der Waals surface area (Å²) in [6.45, 7) is 6.93. The van der Waals surface area contributed by atoms with E-state index < -0.39 is 0 Å². The number of guanidine groups is 1. The number of ether oxygens (including phenoxy) is 1. The van der Waals surface area contributed by atoms with Crippen molar-refractivity contribution in [2.45, 2.75) is 26.8 Å². The lowest BCUT2D eigenvalue weighted by atomic mass is 10.2. The SMILES string of the molecule is CCNC(=NCc1ccccc1OCC)NCCc1cccnc1.I. The molecule has 0 aliphatic rings. The van der Waals surface area contributed by atoms with Crippen LogP contribution in [0, 0.1) is 0 Å². The van der Waals surface area contributed by atoms with E-state index in [0.29, 0.717) is 13.2 Å². The van der Waals surface area contributed by atoms with Gasteiger partial charge in [-0.2, -0.15) is 0 Å². The highest BCUT2D eigenvalue weighted by atomic mass is 127. The van der Waals surface area contributed by atoms with Crippen molar-refractivity contribution in [2.75, 3.05) is 19.7 Å². The van der Waals surface area contributed by atoms with E-state index in [0.717, 1.165) is 36.8 Å². The summed E-state index contributed by atoms with van der Waals surface area (Å²) >= 11 is 0. The molecule has 0 radical (unpaired) electrons. The maximum absolute atomic E-state index is 5.65. The van der Waals surface area contributed by atoms with Gasteiger partial charge >= 0.3 is 0 Å². The largest absolute Gasteiger partial charge is 0.494 e. The first kappa shape index (κ1) is 21.2. The highest BCUT2D eigenvalue weighted by Gasteiger charge is 2.03. The third-order valence-electron chi connectivity index (χ3n) is 3.45. The van der Waals surface area contributed by atoms with Crippen molar-refractivity contribution in [1.82, 2.24) is 15.6 Å². The van der Waals surface area contributed by atoms with Gasteiger partial charge in [-0.25, -0.2) is 4.99 Å². The summed E-state index contributed by atoms with van der Waals surface area (Å²) in [6.07, 6.45) is 4.59. The smallest absolute Gasteiger partial charge is 0.191 e. The molecule has 1 heterocycles. The molecule has 0 aliphatic heterocycles. The van der Waals surface area contributed by atoms with E-state index in [-0.39, 0.29) is 24.0 Å². The second kappa shape index (κ2) is 12.5. The Balaban J connectivity index is 0.00000312. The maximum atomic E-state index is 5.65. The van der Waals surface area contributed by atoms with Gasteiger partial charge in [-0.05, 0) is 38.0 Å². The zero-order chi connectivity index (χ0) is 17.0. The standard InChI is InChI=1S/C19H26N4O.HI/c1-3-21-19(22-13-11-16-8-7-12-20-14-16)23-15-17-9-5-6-10-18(17)24-4-2;/h5-10,12,14H,3-4,11,13,15H2,1-2H3,(H2,21,22,23);1H. The molecular weight excluding hydrogens is 427 g/mol. The molecular formula is C19H27IN4O. The molecule has 0 aliphatic carbocycles. The topological polar surface area (TPSA) is 58.5 Å². The van der Waals surface area contributed by atoms with E-state index in [4.69, 9.17) is 4.74 Å². The van der Waals surface area contributed by atoms with Crippen LogP contribution in [0.4, 0.5) is 0 Å². The van der Waals surface area contributed by atoms with Crippen LogP contribution in [-0.2, 0) is 13.0 Å². The van der Waals surface area contributed by atoms with Gasteiger partial charge in [0, 0.05) is 31.0 Å². The van der Waals surface area contributed by atoms with Gasteiger partial charge in [0.1, 0.15) is 5.75 Å². The Morgan fingerprint density at radius 3 is 2.68 bits per heavy atom. The quantitative estimate of drug-likeness (QED) is 0.365. The lowest BCUT2D eigenvalue weighted by Crippen LogP contribution is -2.38. The van der Waals surface area contributed by atoms with Crippen molar-refractivity contribution in [2.24, 2.45) is 4.99 Å². The van der Waals surface area contributed by atoms with Crippen molar-refractivity contribution >= 4 is 29.9 Å². The van der Waals surface area contributed by atoms with Crippen molar-refractivity contribution in [3.63, 3.8) is 0 Å². The molecule has 0 amide bonds. The normalized spacial score (nSPS) is 10.7. The summed E-state index contributed by atoms with van der Waals surface area (Å²) in [7, 11) is 0. The third-order valence-corrected chi connectivity index (χ3v) is 3.45. The van der Waals surface area contributed by atoms with Crippen molar-refractivity contribution in [3.05, 3.63) is 59.9 Å². The van der Waals surface area contributed by atoms with E-state index in [2.05, 4.69) is 33.6 Å². The molecule has 0 atom stereocenters. The van der Waals surface area contributed by atoms with Crippen LogP contribution in [0.15, 0.2) is 53.8 Å². The van der Waals surface area contributed by atoms with Gasteiger partial charge in [-0.3, -0.25) is 4.98 Å². The van der Waals surface area contributed by atoms with E-state index in [9.17, 15) is 0 Å². The number of hydrogen-bond acceptors (Lipinski definition) is 3. The zero-order valence-corrected chi connectivity index (χ0v) is 17.2. The lowest BCUT2D eigenvalue weighted by molar-refractivity contribution is 0.336. The highest BCUT2D eigenvalue weighted by Crippen LogP contribution is 2.18. The Kier molecular flexibility index (Phi) is 10.6. The lowest BCUT2D eigenvalue weighted by Gasteiger charge is -2.12. The predicted molar refractivity (Wildman–Crippen MR) is 114 cm³/mol. The minimum absolute atomic E-state index is 0. The second-order valence-corrected chi connectivity index (χ2v) is 5.27. The first-order chi connectivity index (χ1) is 11.8. The van der Waals surface area contributed by atoms with Gasteiger partial charge in [-0.15, -0.1) is 24.0 Å². The number of nitrogens with one attached hydrogen (secondary N) is 2. The monoisotopic (exact) mass is 454 g/mol. The van der Waals surface area contributed by atoms with Gasteiger partial charge in [0.15, 0.2) is 5.96 Å². The Hall–Kier alpha value is -1.83. The molecule has 1 aromatic heterocycles. The summed E-state index contributed by atoms with van der Waals surface area (Å²) in [4.78, 5) is 8.79. The van der Waals surface area contributed by atoms with Crippen LogP contribution < -0.4 is 15.4 Å². The molecule has 0 spiro atoms. The Morgan fingerprint density at radius 1 is 1.12 bits per heavy atom. The third kappa shape index (κ3) is 7.72. The fourth-order valence-electron chi connectivity index (χ4n) is 2.31. The van der Waals surface area contributed by atoms with Gasteiger partial charge in [0.05, 0.1) is 13.2 Å². The number of rotatable bonds is 8. The molecule has 5 nitrogen and oxygen atoms in total. The summed E-state index contributed by atoms with van der Waals surface area (Å²) in [6, 6.07) is 12.1. The highest BCUT2D eigenvalue weighted by molar-refractivity contribution is 14.0. The van der Waals surface area contributed by atoms with E-state index in [1.54, 1.807) is 6.20 Å². The first-order valence-corrected chi connectivity index (χ1v) is 8.45. The molecule has 0 saturated heterocycles. The van der Waals surface area contributed by atoms with Crippen molar-refractivity contribution < 1.29 is 4.74 Å². The second-order valence-electron chi connectivity index (χ2n) is 5.27. The van der Waals surface area contributed by atoms with Crippen LogP contribution in [0.5, 0.6) is 5.75 Å². The minimum Gasteiger partial charge on any atom is -0.494 e. The predicted octanol–water partition coefficient (Wildman–Crippen LogP) is 3.40. The van der Waals surface area contributed by atoms with Gasteiger partial charge in [-0.1, -0.05) is 24.3 Å². The number of halogens is 1. The fourth-order valence-corrected chi connectivity index (χ4v) is 2.31. The summed E-state index contributed by atoms with van der Waals surface area (Å²) in [5, 5.41) is 6.63. The summed E-state index contributed by atoms with van der Waals surface area (Å²) in [5.41, 5.74) is 2.30. The molecule has 6 heteroatoms. The van der Waals surface area contributed by atoms with Crippen LogP contribution in [-0.4, -0.2) is 30.6 Å². The zero-order valence-electron chi connectivity index (χ0n) is 14.9. The van der Waals surface area contributed by atoms with E-state index in [1.807, 2.05) is 43.5 Å². The molecule has 1 aromatic carbocycles.